The number of primary sulfonamides is 1. The molecule has 2 aromatic rings. The second-order valence-corrected chi connectivity index (χ2v) is 8.20. The summed E-state index contributed by atoms with van der Waals surface area (Å²) in [6.45, 7) is 1.49. The number of nitrogens with two attached hydrogens (primary N) is 1. The Morgan fingerprint density at radius 2 is 1.96 bits per heavy atom. The Hall–Kier alpha value is -1.58. The number of aromatic nitrogens is 3. The number of sulfonamides is 1. The van der Waals surface area contributed by atoms with Gasteiger partial charge in [-0.25, -0.2) is 13.6 Å². The summed E-state index contributed by atoms with van der Waals surface area (Å²) in [7, 11) is -3.66. The van der Waals surface area contributed by atoms with Gasteiger partial charge in [0.1, 0.15) is 11.6 Å². The number of ether oxygens (including phenoxy) is 1. The lowest BCUT2D eigenvalue weighted by Gasteiger charge is -2.08. The molecular weight excluding hydrogens is 348 g/mol. The summed E-state index contributed by atoms with van der Waals surface area (Å²) in [6.07, 6.45) is 4.59. The van der Waals surface area contributed by atoms with Gasteiger partial charge in [0.15, 0.2) is 5.16 Å². The van der Waals surface area contributed by atoms with Crippen LogP contribution in [0, 0.1) is 0 Å². The summed E-state index contributed by atoms with van der Waals surface area (Å²) >= 11 is 1.63. The van der Waals surface area contributed by atoms with Crippen LogP contribution >= 0.6 is 11.8 Å². The highest BCUT2D eigenvalue weighted by Gasteiger charge is 2.14. The summed E-state index contributed by atoms with van der Waals surface area (Å²) in [5.41, 5.74) is 0. The van der Waals surface area contributed by atoms with Gasteiger partial charge in [0.05, 0.1) is 11.5 Å². The van der Waals surface area contributed by atoms with Crippen molar-refractivity contribution in [1.82, 2.24) is 14.8 Å². The molecular formula is C15H20N4O3S2. The van der Waals surface area contributed by atoms with Crippen molar-refractivity contribution >= 4 is 21.8 Å². The van der Waals surface area contributed by atoms with Crippen molar-refractivity contribution in [3.8, 4) is 5.75 Å². The second-order valence-electron chi connectivity index (χ2n) is 5.57. The molecule has 9 heteroatoms. The van der Waals surface area contributed by atoms with Crippen molar-refractivity contribution in [1.29, 1.82) is 0 Å². The number of benzene rings is 1. The minimum atomic E-state index is -3.66. The van der Waals surface area contributed by atoms with Crippen LogP contribution in [0.15, 0.2) is 34.3 Å². The Morgan fingerprint density at radius 3 is 2.71 bits per heavy atom. The highest BCUT2D eigenvalue weighted by atomic mass is 32.2. The number of fused-ring (bicyclic) bond motifs is 1. The highest BCUT2D eigenvalue weighted by Crippen LogP contribution is 2.22. The molecule has 1 aliphatic rings. The summed E-state index contributed by atoms with van der Waals surface area (Å²) in [4.78, 5) is 0.0791. The number of nitrogens with zero attached hydrogens (tertiary/aromatic N) is 3. The van der Waals surface area contributed by atoms with Crippen LogP contribution < -0.4 is 9.88 Å². The molecule has 0 saturated heterocycles. The largest absolute Gasteiger partial charge is 0.493 e. The van der Waals surface area contributed by atoms with Gasteiger partial charge in [-0.15, -0.1) is 10.2 Å². The molecule has 0 aliphatic carbocycles. The fraction of sp³-hybridized carbons (Fsp3) is 0.467. The van der Waals surface area contributed by atoms with E-state index in [9.17, 15) is 8.42 Å². The topological polar surface area (TPSA) is 100 Å². The standard InChI is InChI=1S/C15H20N4O3S2/c16-24(20,21)13-7-5-12(6-8-13)22-10-11-23-15-18-17-14-4-2-1-3-9-19(14)15/h5-8H,1-4,9-11H2,(H2,16,20,21). The zero-order chi connectivity index (χ0) is 17.0. The number of hydrogen-bond acceptors (Lipinski definition) is 6. The third kappa shape index (κ3) is 4.28. The van der Waals surface area contributed by atoms with Crippen molar-refractivity contribution < 1.29 is 13.2 Å². The Labute approximate surface area is 145 Å². The van der Waals surface area contributed by atoms with E-state index in [0.717, 1.165) is 29.7 Å². The van der Waals surface area contributed by atoms with Crippen LogP contribution in [-0.2, 0) is 23.0 Å². The van der Waals surface area contributed by atoms with Gasteiger partial charge in [0.25, 0.3) is 0 Å². The maximum Gasteiger partial charge on any atom is 0.238 e. The molecule has 0 atom stereocenters. The zero-order valence-electron chi connectivity index (χ0n) is 13.2. The second kappa shape index (κ2) is 7.54. The van der Waals surface area contributed by atoms with Crippen molar-refractivity contribution in [2.24, 2.45) is 5.14 Å². The van der Waals surface area contributed by atoms with Crippen LogP contribution in [0.5, 0.6) is 5.75 Å². The van der Waals surface area contributed by atoms with E-state index in [4.69, 9.17) is 9.88 Å². The fourth-order valence-corrected chi connectivity index (χ4v) is 3.90. The van der Waals surface area contributed by atoms with Crippen LogP contribution in [0.2, 0.25) is 0 Å². The zero-order valence-corrected chi connectivity index (χ0v) is 14.9. The molecule has 1 aromatic heterocycles. The fourth-order valence-electron chi connectivity index (χ4n) is 2.58. The minimum Gasteiger partial charge on any atom is -0.493 e. The Bertz CT molecular complexity index is 788. The quantitative estimate of drug-likeness (QED) is 0.617. The molecule has 3 rings (SSSR count). The maximum absolute atomic E-state index is 11.2. The number of rotatable bonds is 6. The molecule has 0 saturated carbocycles. The lowest BCUT2D eigenvalue weighted by molar-refractivity contribution is 0.343. The average Bonchev–Trinajstić information content (AvgIpc) is 2.78. The van der Waals surface area contributed by atoms with Crippen molar-refractivity contribution in [2.75, 3.05) is 12.4 Å². The predicted molar refractivity (Wildman–Crippen MR) is 91.6 cm³/mol. The van der Waals surface area contributed by atoms with Gasteiger partial charge in [0.2, 0.25) is 10.0 Å². The predicted octanol–water partition coefficient (Wildman–Crippen LogP) is 1.82. The lowest BCUT2D eigenvalue weighted by Crippen LogP contribution is -2.11. The van der Waals surface area contributed by atoms with E-state index in [1.54, 1.807) is 23.9 Å². The maximum atomic E-state index is 11.2. The van der Waals surface area contributed by atoms with E-state index in [-0.39, 0.29) is 4.90 Å². The van der Waals surface area contributed by atoms with Gasteiger partial charge >= 0.3 is 0 Å². The van der Waals surface area contributed by atoms with Gasteiger partial charge in [-0.05, 0) is 37.1 Å². The summed E-state index contributed by atoms with van der Waals surface area (Å²) in [5, 5.41) is 14.5. The molecule has 1 aliphatic heterocycles. The highest BCUT2D eigenvalue weighted by molar-refractivity contribution is 7.99. The molecule has 0 bridgehead atoms. The number of hydrogen-bond donors (Lipinski definition) is 1. The van der Waals surface area contributed by atoms with E-state index < -0.39 is 10.0 Å². The molecule has 1 aromatic carbocycles. The van der Waals surface area contributed by atoms with Crippen LogP contribution in [0.1, 0.15) is 25.1 Å². The molecule has 0 unspecified atom stereocenters. The van der Waals surface area contributed by atoms with E-state index in [1.165, 1.54) is 31.4 Å². The van der Waals surface area contributed by atoms with Gasteiger partial charge in [-0.3, -0.25) is 0 Å². The first-order chi connectivity index (χ1) is 11.5. The molecule has 130 valence electrons. The summed E-state index contributed by atoms with van der Waals surface area (Å²) in [5.74, 6) is 2.44. The normalized spacial score (nSPS) is 14.9. The SMILES string of the molecule is NS(=O)(=O)c1ccc(OCCSc2nnc3n2CCCCC3)cc1. The number of aryl methyl sites for hydroxylation is 1. The Morgan fingerprint density at radius 1 is 1.17 bits per heavy atom. The smallest absolute Gasteiger partial charge is 0.238 e. The Balaban J connectivity index is 1.50. The molecule has 0 spiro atoms. The van der Waals surface area contributed by atoms with Gasteiger partial charge < -0.3 is 9.30 Å². The monoisotopic (exact) mass is 368 g/mol. The van der Waals surface area contributed by atoms with Crippen LogP contribution in [0.4, 0.5) is 0 Å². The lowest BCUT2D eigenvalue weighted by atomic mass is 10.2. The van der Waals surface area contributed by atoms with Crippen molar-refractivity contribution in [2.45, 2.75) is 42.3 Å². The molecule has 0 fully saturated rings. The third-order valence-electron chi connectivity index (χ3n) is 3.81. The van der Waals surface area contributed by atoms with E-state index >= 15 is 0 Å². The first kappa shape index (κ1) is 17.2. The molecule has 7 nitrogen and oxygen atoms in total. The third-order valence-corrected chi connectivity index (χ3v) is 5.67. The van der Waals surface area contributed by atoms with E-state index in [1.807, 2.05) is 0 Å². The molecule has 24 heavy (non-hydrogen) atoms. The first-order valence-corrected chi connectivity index (χ1v) is 10.4. The van der Waals surface area contributed by atoms with Gasteiger partial charge in [-0.2, -0.15) is 0 Å². The van der Waals surface area contributed by atoms with Gasteiger partial charge in [-0.1, -0.05) is 18.2 Å². The number of thioether (sulfide) groups is 1. The van der Waals surface area contributed by atoms with Crippen molar-refractivity contribution in [3.05, 3.63) is 30.1 Å². The average molecular weight is 368 g/mol. The van der Waals surface area contributed by atoms with Gasteiger partial charge in [0, 0.05) is 18.7 Å². The molecule has 0 radical (unpaired) electrons. The van der Waals surface area contributed by atoms with Crippen LogP contribution in [-0.4, -0.2) is 35.5 Å². The van der Waals surface area contributed by atoms with Crippen molar-refractivity contribution in [3.63, 3.8) is 0 Å². The summed E-state index contributed by atoms with van der Waals surface area (Å²) in [6, 6.07) is 6.09. The van der Waals surface area contributed by atoms with Crippen LogP contribution in [0.25, 0.3) is 0 Å². The minimum absolute atomic E-state index is 0.0791. The molecule has 2 N–H and O–H groups in total. The van der Waals surface area contributed by atoms with E-state index in [2.05, 4.69) is 14.8 Å². The van der Waals surface area contributed by atoms with Crippen LogP contribution in [0.3, 0.4) is 0 Å². The van der Waals surface area contributed by atoms with E-state index in [0.29, 0.717) is 12.4 Å². The molecule has 2 heterocycles. The summed E-state index contributed by atoms with van der Waals surface area (Å²) < 4.78 is 30.2. The molecule has 0 amide bonds. The first-order valence-electron chi connectivity index (χ1n) is 7.84. The Kier molecular flexibility index (Phi) is 5.42.